The van der Waals surface area contributed by atoms with Crippen molar-refractivity contribution in [2.24, 2.45) is 5.11 Å². The average Bonchev–Trinajstić information content (AvgIpc) is 2.17. The largest absolute Gasteiger partial charge is 0.120 e. The molecular weight excluding hydrogens is 162 g/mol. The maximum absolute atomic E-state index is 8.29. The van der Waals surface area contributed by atoms with E-state index in [2.05, 4.69) is 15.9 Å². The molecule has 13 heavy (non-hydrogen) atoms. The summed E-state index contributed by atoms with van der Waals surface area (Å²) in [5.41, 5.74) is 9.95. The number of hydrogen-bond donors (Lipinski definition) is 0. The molecule has 0 radical (unpaired) electrons. The van der Waals surface area contributed by atoms with Crippen molar-refractivity contribution >= 4 is 5.69 Å². The van der Waals surface area contributed by atoms with Gasteiger partial charge >= 0.3 is 0 Å². The maximum Gasteiger partial charge on any atom is 0.0407 e. The second kappa shape index (κ2) is 4.87. The van der Waals surface area contributed by atoms with Crippen molar-refractivity contribution in [3.05, 3.63) is 40.3 Å². The monoisotopic (exact) mass is 171 g/mol. The molecule has 0 bridgehead atoms. The lowest BCUT2D eigenvalue weighted by atomic mass is 10.1. The van der Waals surface area contributed by atoms with Crippen molar-refractivity contribution in [2.75, 3.05) is 0 Å². The first-order valence-corrected chi connectivity index (χ1v) is 3.95. The molecule has 0 aromatic heterocycles. The molecule has 0 fully saturated rings. The van der Waals surface area contributed by atoms with E-state index in [1.54, 1.807) is 6.07 Å². The third kappa shape index (κ3) is 2.55. The van der Waals surface area contributed by atoms with Crippen LogP contribution in [0, 0.1) is 12.3 Å². The summed E-state index contributed by atoms with van der Waals surface area (Å²) in [5, 5.41) is 3.57. The molecular formula is C10H9N3. The molecule has 3 nitrogen and oxygen atoms in total. The van der Waals surface area contributed by atoms with Gasteiger partial charge in [-0.25, -0.2) is 0 Å². The van der Waals surface area contributed by atoms with E-state index in [0.29, 0.717) is 12.1 Å². The van der Waals surface area contributed by atoms with Gasteiger partial charge in [0.05, 0.1) is 0 Å². The fourth-order valence-electron chi connectivity index (χ4n) is 1.07. The summed E-state index contributed by atoms with van der Waals surface area (Å²) < 4.78 is 0. The van der Waals surface area contributed by atoms with Gasteiger partial charge in [-0.3, -0.25) is 0 Å². The number of benzene rings is 1. The van der Waals surface area contributed by atoms with Gasteiger partial charge in [0, 0.05) is 17.0 Å². The Bertz CT molecular complexity index is 370. The third-order valence-electron chi connectivity index (χ3n) is 1.68. The number of terminal acetylenes is 1. The highest BCUT2D eigenvalue weighted by atomic mass is 15.1. The van der Waals surface area contributed by atoms with Crippen molar-refractivity contribution in [1.29, 1.82) is 0 Å². The van der Waals surface area contributed by atoms with Crippen molar-refractivity contribution in [1.82, 2.24) is 0 Å². The predicted molar refractivity (Wildman–Crippen MR) is 52.4 cm³/mol. The van der Waals surface area contributed by atoms with Crippen molar-refractivity contribution in [3.8, 4) is 12.3 Å². The molecule has 0 spiro atoms. The second-order valence-electron chi connectivity index (χ2n) is 2.52. The average molecular weight is 171 g/mol. The highest BCUT2D eigenvalue weighted by Crippen LogP contribution is 2.19. The summed E-state index contributed by atoms with van der Waals surface area (Å²) in [6.45, 7) is 0. The first-order valence-electron chi connectivity index (χ1n) is 3.95. The Labute approximate surface area is 77.0 Å². The van der Waals surface area contributed by atoms with Gasteiger partial charge < -0.3 is 0 Å². The fraction of sp³-hybridized carbons (Fsp3) is 0.200. The Morgan fingerprint density at radius 2 is 2.23 bits per heavy atom. The van der Waals surface area contributed by atoms with Gasteiger partial charge in [-0.15, -0.1) is 12.3 Å². The minimum absolute atomic E-state index is 0.665. The summed E-state index contributed by atoms with van der Waals surface area (Å²) in [6.07, 6.45) is 6.57. The minimum Gasteiger partial charge on any atom is -0.120 e. The van der Waals surface area contributed by atoms with Crippen LogP contribution in [-0.4, -0.2) is 0 Å². The molecule has 1 aromatic rings. The molecule has 0 heterocycles. The zero-order valence-electron chi connectivity index (χ0n) is 7.14. The maximum atomic E-state index is 8.29. The van der Waals surface area contributed by atoms with Crippen LogP contribution in [0.3, 0.4) is 0 Å². The van der Waals surface area contributed by atoms with Crippen LogP contribution in [-0.2, 0) is 6.42 Å². The molecule has 1 rings (SSSR count). The van der Waals surface area contributed by atoms with Crippen LogP contribution in [0.4, 0.5) is 5.69 Å². The molecule has 0 atom stereocenters. The lowest BCUT2D eigenvalue weighted by molar-refractivity contribution is 1.03. The van der Waals surface area contributed by atoms with Crippen LogP contribution in [0.1, 0.15) is 12.0 Å². The van der Waals surface area contributed by atoms with Gasteiger partial charge in [0.15, 0.2) is 0 Å². The minimum atomic E-state index is 0.665. The van der Waals surface area contributed by atoms with Crippen LogP contribution < -0.4 is 0 Å². The van der Waals surface area contributed by atoms with Crippen molar-refractivity contribution < 1.29 is 0 Å². The van der Waals surface area contributed by atoms with Gasteiger partial charge in [-0.2, -0.15) is 0 Å². The summed E-state index contributed by atoms with van der Waals surface area (Å²) >= 11 is 0. The number of hydrogen-bond acceptors (Lipinski definition) is 1. The number of rotatable bonds is 3. The van der Waals surface area contributed by atoms with E-state index in [-0.39, 0.29) is 0 Å². The van der Waals surface area contributed by atoms with E-state index in [1.165, 1.54) is 0 Å². The molecule has 0 amide bonds. The van der Waals surface area contributed by atoms with Crippen LogP contribution in [0.25, 0.3) is 10.4 Å². The lowest BCUT2D eigenvalue weighted by Gasteiger charge is -2.00. The van der Waals surface area contributed by atoms with Gasteiger partial charge in [0.2, 0.25) is 0 Å². The molecule has 0 saturated carbocycles. The van der Waals surface area contributed by atoms with E-state index < -0.39 is 0 Å². The van der Waals surface area contributed by atoms with E-state index in [4.69, 9.17) is 12.0 Å². The first-order chi connectivity index (χ1) is 6.38. The number of azide groups is 1. The van der Waals surface area contributed by atoms with Gasteiger partial charge in [-0.05, 0) is 17.5 Å². The summed E-state index contributed by atoms with van der Waals surface area (Å²) in [7, 11) is 0. The van der Waals surface area contributed by atoms with Gasteiger partial charge in [-0.1, -0.05) is 29.4 Å². The van der Waals surface area contributed by atoms with Crippen LogP contribution in [0.15, 0.2) is 29.4 Å². The molecule has 3 heteroatoms. The Kier molecular flexibility index (Phi) is 3.44. The zero-order chi connectivity index (χ0) is 9.52. The first kappa shape index (κ1) is 9.18. The number of aryl methyl sites for hydroxylation is 1. The van der Waals surface area contributed by atoms with Gasteiger partial charge in [0.1, 0.15) is 0 Å². The highest BCUT2D eigenvalue weighted by Gasteiger charge is 1.97. The summed E-state index contributed by atoms with van der Waals surface area (Å²) in [5.74, 6) is 2.55. The zero-order valence-corrected chi connectivity index (χ0v) is 7.14. The Morgan fingerprint density at radius 3 is 2.92 bits per heavy atom. The molecule has 0 aliphatic rings. The highest BCUT2D eigenvalue weighted by molar-refractivity contribution is 5.45. The van der Waals surface area contributed by atoms with E-state index >= 15 is 0 Å². The quantitative estimate of drug-likeness (QED) is 0.290. The standard InChI is InChI=1S/C10H9N3/c1-2-3-6-9-7-4-5-8-10(9)12-13-11/h1,4-5,7-8H,3,6H2. The molecule has 64 valence electrons. The summed E-state index contributed by atoms with van der Waals surface area (Å²) in [4.78, 5) is 2.75. The van der Waals surface area contributed by atoms with Crippen molar-refractivity contribution in [2.45, 2.75) is 12.8 Å². The smallest absolute Gasteiger partial charge is 0.0407 e. The molecule has 1 aromatic carbocycles. The fourth-order valence-corrected chi connectivity index (χ4v) is 1.07. The molecule has 0 aliphatic carbocycles. The molecule has 0 aliphatic heterocycles. The Hall–Kier alpha value is -1.91. The van der Waals surface area contributed by atoms with Crippen LogP contribution in [0.5, 0.6) is 0 Å². The van der Waals surface area contributed by atoms with E-state index in [0.717, 1.165) is 12.0 Å². The van der Waals surface area contributed by atoms with Gasteiger partial charge in [0.25, 0.3) is 0 Å². The summed E-state index contributed by atoms with van der Waals surface area (Å²) in [6, 6.07) is 7.44. The van der Waals surface area contributed by atoms with Crippen LogP contribution in [0.2, 0.25) is 0 Å². The second-order valence-corrected chi connectivity index (χ2v) is 2.52. The normalized spacial score (nSPS) is 8.54. The molecule has 0 N–H and O–H groups in total. The molecule has 0 saturated heterocycles. The molecule has 0 unspecified atom stereocenters. The third-order valence-corrected chi connectivity index (χ3v) is 1.68. The van der Waals surface area contributed by atoms with E-state index in [1.807, 2.05) is 18.2 Å². The topological polar surface area (TPSA) is 48.8 Å². The van der Waals surface area contributed by atoms with E-state index in [9.17, 15) is 0 Å². The lowest BCUT2D eigenvalue weighted by Crippen LogP contribution is -1.83. The number of nitrogens with zero attached hydrogens (tertiary/aromatic N) is 3. The SMILES string of the molecule is C#CCCc1ccccc1N=[N+]=[N-]. The van der Waals surface area contributed by atoms with Crippen LogP contribution >= 0.6 is 0 Å². The van der Waals surface area contributed by atoms with Crippen molar-refractivity contribution in [3.63, 3.8) is 0 Å². The predicted octanol–water partition coefficient (Wildman–Crippen LogP) is 3.19. The Morgan fingerprint density at radius 1 is 1.46 bits per heavy atom. The Balaban J connectivity index is 2.92.